The van der Waals surface area contributed by atoms with Gasteiger partial charge in [0.1, 0.15) is 0 Å². The van der Waals surface area contributed by atoms with E-state index >= 15 is 0 Å². The van der Waals surface area contributed by atoms with Gasteiger partial charge in [-0.25, -0.2) is 0 Å². The lowest BCUT2D eigenvalue weighted by Gasteiger charge is -2.32. The molecule has 0 bridgehead atoms. The molecule has 0 radical (unpaired) electrons. The van der Waals surface area contributed by atoms with Crippen molar-refractivity contribution in [3.8, 4) is 0 Å². The van der Waals surface area contributed by atoms with Crippen molar-refractivity contribution in [2.45, 2.75) is 31.8 Å². The number of piperidine rings is 1. The number of nitrogens with zero attached hydrogens (tertiary/aromatic N) is 1. The molecule has 2 aromatic carbocycles. The van der Waals surface area contributed by atoms with Crippen LogP contribution in [0.3, 0.4) is 0 Å². The van der Waals surface area contributed by atoms with E-state index in [4.69, 9.17) is 23.2 Å². The molecule has 0 saturated carbocycles. The molecule has 0 atom stereocenters. The van der Waals surface area contributed by atoms with E-state index in [-0.39, 0.29) is 11.9 Å². The maximum absolute atomic E-state index is 12.2. The molecule has 5 heteroatoms. The van der Waals surface area contributed by atoms with Crippen LogP contribution < -0.4 is 5.32 Å². The molecule has 0 spiro atoms. The van der Waals surface area contributed by atoms with E-state index in [0.29, 0.717) is 11.4 Å². The number of nitrogens with one attached hydrogen (secondary N) is 1. The van der Waals surface area contributed by atoms with Crippen molar-refractivity contribution in [1.82, 2.24) is 10.2 Å². The zero-order valence-electron chi connectivity index (χ0n) is 14.1. The number of likely N-dealkylation sites (tertiary alicyclic amines) is 1. The molecule has 0 aromatic heterocycles. The standard InChI is InChI=1S/C20H22Cl2N2O/c21-17-7-5-15(6-8-17)14-24-11-9-18(10-12-24)23-20(25)13-16-3-1-2-4-19(16)22/h1-8,18H,9-14H2,(H,23,25). The Bertz CT molecular complexity index is 710. The molecule has 1 aliphatic rings. The first-order chi connectivity index (χ1) is 12.1. The Kier molecular flexibility index (Phi) is 6.35. The minimum Gasteiger partial charge on any atom is -0.353 e. The fraction of sp³-hybridized carbons (Fsp3) is 0.350. The average Bonchev–Trinajstić information content (AvgIpc) is 2.61. The molecule has 1 aliphatic heterocycles. The van der Waals surface area contributed by atoms with Gasteiger partial charge in [0.25, 0.3) is 0 Å². The quantitative estimate of drug-likeness (QED) is 0.842. The second-order valence-corrected chi connectivity index (χ2v) is 7.36. The summed E-state index contributed by atoms with van der Waals surface area (Å²) < 4.78 is 0. The monoisotopic (exact) mass is 376 g/mol. The van der Waals surface area contributed by atoms with E-state index < -0.39 is 0 Å². The maximum atomic E-state index is 12.2. The minimum absolute atomic E-state index is 0.0456. The molecule has 1 heterocycles. The highest BCUT2D eigenvalue weighted by atomic mass is 35.5. The number of rotatable bonds is 5. The van der Waals surface area contributed by atoms with E-state index in [1.807, 2.05) is 36.4 Å². The number of carbonyl (C=O) groups excluding carboxylic acids is 1. The molecule has 25 heavy (non-hydrogen) atoms. The normalized spacial score (nSPS) is 15.9. The zero-order valence-corrected chi connectivity index (χ0v) is 15.6. The van der Waals surface area contributed by atoms with Crippen molar-refractivity contribution in [3.05, 3.63) is 69.7 Å². The molecule has 2 aromatic rings. The topological polar surface area (TPSA) is 32.3 Å². The van der Waals surface area contributed by atoms with Crippen LogP contribution >= 0.6 is 23.2 Å². The highest BCUT2D eigenvalue weighted by molar-refractivity contribution is 6.31. The fourth-order valence-corrected chi connectivity index (χ4v) is 3.51. The van der Waals surface area contributed by atoms with Gasteiger partial charge in [-0.1, -0.05) is 53.5 Å². The SMILES string of the molecule is O=C(Cc1ccccc1Cl)NC1CCN(Cc2ccc(Cl)cc2)CC1. The van der Waals surface area contributed by atoms with E-state index in [0.717, 1.165) is 43.1 Å². The van der Waals surface area contributed by atoms with Gasteiger partial charge in [0.2, 0.25) is 5.91 Å². The van der Waals surface area contributed by atoms with Crippen LogP contribution in [0.2, 0.25) is 10.0 Å². The van der Waals surface area contributed by atoms with Crippen LogP contribution in [0.4, 0.5) is 0 Å². The van der Waals surface area contributed by atoms with Crippen molar-refractivity contribution in [3.63, 3.8) is 0 Å². The van der Waals surface area contributed by atoms with Crippen molar-refractivity contribution in [2.24, 2.45) is 0 Å². The molecule has 1 fully saturated rings. The maximum Gasteiger partial charge on any atom is 0.224 e. The van der Waals surface area contributed by atoms with E-state index in [9.17, 15) is 4.79 Å². The lowest BCUT2D eigenvalue weighted by Crippen LogP contribution is -2.44. The molecule has 3 rings (SSSR count). The van der Waals surface area contributed by atoms with Crippen LogP contribution in [0.15, 0.2) is 48.5 Å². The molecule has 1 N–H and O–H groups in total. The lowest BCUT2D eigenvalue weighted by atomic mass is 10.0. The van der Waals surface area contributed by atoms with Crippen LogP contribution in [0.25, 0.3) is 0 Å². The number of carbonyl (C=O) groups is 1. The fourth-order valence-electron chi connectivity index (χ4n) is 3.18. The van der Waals surface area contributed by atoms with Crippen molar-refractivity contribution in [2.75, 3.05) is 13.1 Å². The van der Waals surface area contributed by atoms with Crippen molar-refractivity contribution in [1.29, 1.82) is 0 Å². The largest absolute Gasteiger partial charge is 0.353 e. The Hall–Kier alpha value is -1.55. The van der Waals surface area contributed by atoms with E-state index in [2.05, 4.69) is 22.3 Å². The first-order valence-corrected chi connectivity index (χ1v) is 9.35. The summed E-state index contributed by atoms with van der Waals surface area (Å²) in [6, 6.07) is 15.7. The highest BCUT2D eigenvalue weighted by Crippen LogP contribution is 2.18. The number of hydrogen-bond donors (Lipinski definition) is 1. The summed E-state index contributed by atoms with van der Waals surface area (Å²) in [4.78, 5) is 14.7. The lowest BCUT2D eigenvalue weighted by molar-refractivity contribution is -0.121. The van der Waals surface area contributed by atoms with E-state index in [1.54, 1.807) is 0 Å². The predicted molar refractivity (Wildman–Crippen MR) is 103 cm³/mol. The Labute approximate surface area is 158 Å². The van der Waals surface area contributed by atoms with Gasteiger partial charge in [-0.15, -0.1) is 0 Å². The Morgan fingerprint density at radius 1 is 1.04 bits per heavy atom. The number of benzene rings is 2. The Balaban J connectivity index is 1.43. The highest BCUT2D eigenvalue weighted by Gasteiger charge is 2.21. The minimum atomic E-state index is 0.0456. The summed E-state index contributed by atoms with van der Waals surface area (Å²) in [6.45, 7) is 2.90. The van der Waals surface area contributed by atoms with Gasteiger partial charge in [-0.2, -0.15) is 0 Å². The second-order valence-electron chi connectivity index (χ2n) is 6.51. The third kappa shape index (κ3) is 5.46. The first-order valence-electron chi connectivity index (χ1n) is 8.60. The molecule has 0 aliphatic carbocycles. The van der Waals surface area contributed by atoms with Gasteiger partial charge < -0.3 is 5.32 Å². The van der Waals surface area contributed by atoms with Crippen LogP contribution in [-0.2, 0) is 17.8 Å². The molecular formula is C20H22Cl2N2O. The molecule has 1 saturated heterocycles. The van der Waals surface area contributed by atoms with Crippen LogP contribution in [0, 0.1) is 0 Å². The van der Waals surface area contributed by atoms with Crippen molar-refractivity contribution >= 4 is 29.1 Å². The van der Waals surface area contributed by atoms with Gasteiger partial charge >= 0.3 is 0 Å². The van der Waals surface area contributed by atoms with Gasteiger partial charge in [-0.05, 0) is 42.2 Å². The van der Waals surface area contributed by atoms with Gasteiger partial charge in [0, 0.05) is 35.7 Å². The number of halogens is 2. The van der Waals surface area contributed by atoms with Crippen LogP contribution in [0.5, 0.6) is 0 Å². The summed E-state index contributed by atoms with van der Waals surface area (Å²) in [5.41, 5.74) is 2.15. The van der Waals surface area contributed by atoms with Crippen LogP contribution in [0.1, 0.15) is 24.0 Å². The summed E-state index contributed by atoms with van der Waals surface area (Å²) in [5, 5.41) is 4.56. The second kappa shape index (κ2) is 8.70. The summed E-state index contributed by atoms with van der Waals surface area (Å²) in [7, 11) is 0. The molecular weight excluding hydrogens is 355 g/mol. The van der Waals surface area contributed by atoms with Crippen LogP contribution in [-0.4, -0.2) is 29.9 Å². The molecule has 1 amide bonds. The zero-order chi connectivity index (χ0) is 17.6. The molecule has 132 valence electrons. The summed E-state index contributed by atoms with van der Waals surface area (Å²) in [6.07, 6.45) is 2.29. The average molecular weight is 377 g/mol. The van der Waals surface area contributed by atoms with Gasteiger partial charge in [-0.3, -0.25) is 9.69 Å². The number of amides is 1. The van der Waals surface area contributed by atoms with Gasteiger partial charge in [0.15, 0.2) is 0 Å². The summed E-state index contributed by atoms with van der Waals surface area (Å²) >= 11 is 12.0. The number of hydrogen-bond acceptors (Lipinski definition) is 2. The smallest absolute Gasteiger partial charge is 0.224 e. The first kappa shape index (κ1) is 18.2. The molecule has 3 nitrogen and oxygen atoms in total. The third-order valence-corrected chi connectivity index (χ3v) is 5.20. The Morgan fingerprint density at radius 2 is 1.72 bits per heavy atom. The summed E-state index contributed by atoms with van der Waals surface area (Å²) in [5.74, 6) is 0.0456. The third-order valence-electron chi connectivity index (χ3n) is 4.58. The van der Waals surface area contributed by atoms with Crippen molar-refractivity contribution < 1.29 is 4.79 Å². The molecule has 0 unspecified atom stereocenters. The predicted octanol–water partition coefficient (Wildman–Crippen LogP) is 4.32. The van der Waals surface area contributed by atoms with Gasteiger partial charge in [0.05, 0.1) is 6.42 Å². The Morgan fingerprint density at radius 3 is 2.40 bits per heavy atom. The van der Waals surface area contributed by atoms with E-state index in [1.165, 1.54) is 5.56 Å².